The predicted octanol–water partition coefficient (Wildman–Crippen LogP) is 2.13. The number of nitrogens with zero attached hydrogens (tertiary/aromatic N) is 1. The fraction of sp³-hybridized carbons (Fsp3) is 0.182. The van der Waals surface area contributed by atoms with Gasteiger partial charge in [0.25, 0.3) is 0 Å². The van der Waals surface area contributed by atoms with E-state index in [0.29, 0.717) is 5.88 Å². The van der Waals surface area contributed by atoms with E-state index in [9.17, 15) is 0 Å². The Balaban J connectivity index is 2.76. The summed E-state index contributed by atoms with van der Waals surface area (Å²) in [5, 5.41) is 1.07. The van der Waals surface area contributed by atoms with E-state index in [2.05, 4.69) is 4.98 Å². The van der Waals surface area contributed by atoms with Crippen LogP contribution < -0.4 is 10.5 Å². The van der Waals surface area contributed by atoms with Gasteiger partial charge in [0.2, 0.25) is 5.88 Å². The zero-order valence-electron chi connectivity index (χ0n) is 8.24. The SMILES string of the molecule is COc1cc(C)c2cc(N)ccc2n1. The van der Waals surface area contributed by atoms with E-state index in [1.54, 1.807) is 7.11 Å². The van der Waals surface area contributed by atoms with Crippen LogP contribution in [0.4, 0.5) is 5.69 Å². The smallest absolute Gasteiger partial charge is 0.213 e. The van der Waals surface area contributed by atoms with Crippen LogP contribution in [0.3, 0.4) is 0 Å². The summed E-state index contributed by atoms with van der Waals surface area (Å²) in [5.74, 6) is 0.639. The zero-order chi connectivity index (χ0) is 10.1. The van der Waals surface area contributed by atoms with Crippen molar-refractivity contribution in [2.45, 2.75) is 6.92 Å². The van der Waals surface area contributed by atoms with Crippen molar-refractivity contribution in [2.75, 3.05) is 12.8 Å². The molecule has 0 bridgehead atoms. The summed E-state index contributed by atoms with van der Waals surface area (Å²) in [6.07, 6.45) is 0. The number of rotatable bonds is 1. The van der Waals surface area contributed by atoms with Gasteiger partial charge in [-0.1, -0.05) is 0 Å². The molecule has 1 aromatic heterocycles. The van der Waals surface area contributed by atoms with Crippen LogP contribution in [-0.2, 0) is 0 Å². The number of aromatic nitrogens is 1. The average Bonchev–Trinajstić information content (AvgIpc) is 2.19. The van der Waals surface area contributed by atoms with E-state index in [0.717, 1.165) is 22.2 Å². The van der Waals surface area contributed by atoms with Gasteiger partial charge in [-0.05, 0) is 30.7 Å². The van der Waals surface area contributed by atoms with Crippen LogP contribution in [0.2, 0.25) is 0 Å². The molecule has 0 saturated heterocycles. The van der Waals surface area contributed by atoms with Gasteiger partial charge in [-0.15, -0.1) is 0 Å². The summed E-state index contributed by atoms with van der Waals surface area (Å²) in [4.78, 5) is 4.32. The van der Waals surface area contributed by atoms with Gasteiger partial charge in [0, 0.05) is 17.1 Å². The Labute approximate surface area is 82.5 Å². The number of hydrogen-bond acceptors (Lipinski definition) is 3. The maximum Gasteiger partial charge on any atom is 0.213 e. The molecule has 1 heterocycles. The molecule has 0 saturated carbocycles. The van der Waals surface area contributed by atoms with E-state index in [-0.39, 0.29) is 0 Å². The number of fused-ring (bicyclic) bond motifs is 1. The molecule has 2 N–H and O–H groups in total. The number of nitrogen functional groups attached to an aromatic ring is 1. The Morgan fingerprint density at radius 3 is 2.79 bits per heavy atom. The summed E-state index contributed by atoms with van der Waals surface area (Å²) in [5.41, 5.74) is 8.50. The van der Waals surface area contributed by atoms with E-state index >= 15 is 0 Å². The Hall–Kier alpha value is -1.77. The third-order valence-electron chi connectivity index (χ3n) is 2.23. The van der Waals surface area contributed by atoms with Gasteiger partial charge >= 0.3 is 0 Å². The number of nitrogens with two attached hydrogens (primary N) is 1. The molecule has 0 spiro atoms. The minimum absolute atomic E-state index is 0.639. The molecule has 0 aliphatic heterocycles. The molecule has 3 heteroatoms. The molecule has 1 aromatic carbocycles. The number of anilines is 1. The summed E-state index contributed by atoms with van der Waals surface area (Å²) >= 11 is 0. The first-order valence-electron chi connectivity index (χ1n) is 4.41. The van der Waals surface area contributed by atoms with Crippen molar-refractivity contribution in [1.29, 1.82) is 0 Å². The number of benzene rings is 1. The standard InChI is InChI=1S/C11H12N2O/c1-7-5-11(14-2)13-10-4-3-8(12)6-9(7)10/h3-6H,12H2,1-2H3. The lowest BCUT2D eigenvalue weighted by Crippen LogP contribution is -1.92. The highest BCUT2D eigenvalue weighted by Crippen LogP contribution is 2.22. The molecule has 14 heavy (non-hydrogen) atoms. The van der Waals surface area contributed by atoms with Crippen molar-refractivity contribution < 1.29 is 4.74 Å². The monoisotopic (exact) mass is 188 g/mol. The fourth-order valence-electron chi connectivity index (χ4n) is 1.49. The number of hydrogen-bond donors (Lipinski definition) is 1. The molecular weight excluding hydrogens is 176 g/mol. The molecule has 0 aliphatic carbocycles. The Kier molecular flexibility index (Phi) is 2.00. The quantitative estimate of drug-likeness (QED) is 0.697. The maximum absolute atomic E-state index is 5.70. The van der Waals surface area contributed by atoms with Gasteiger partial charge in [-0.2, -0.15) is 0 Å². The minimum atomic E-state index is 0.639. The van der Waals surface area contributed by atoms with Crippen LogP contribution in [-0.4, -0.2) is 12.1 Å². The molecule has 72 valence electrons. The van der Waals surface area contributed by atoms with Gasteiger partial charge < -0.3 is 10.5 Å². The van der Waals surface area contributed by atoms with Crippen molar-refractivity contribution in [3.8, 4) is 5.88 Å². The lowest BCUT2D eigenvalue weighted by atomic mass is 10.1. The van der Waals surface area contributed by atoms with Crippen LogP contribution in [0, 0.1) is 6.92 Å². The number of ether oxygens (including phenoxy) is 1. The first kappa shape index (κ1) is 8.81. The normalized spacial score (nSPS) is 10.4. The molecule has 2 rings (SSSR count). The zero-order valence-corrected chi connectivity index (χ0v) is 8.24. The van der Waals surface area contributed by atoms with Crippen LogP contribution >= 0.6 is 0 Å². The second kappa shape index (κ2) is 3.18. The Morgan fingerprint density at radius 1 is 1.29 bits per heavy atom. The van der Waals surface area contributed by atoms with Crippen molar-refractivity contribution >= 4 is 16.6 Å². The van der Waals surface area contributed by atoms with E-state index in [4.69, 9.17) is 10.5 Å². The molecular formula is C11H12N2O. The summed E-state index contributed by atoms with van der Waals surface area (Å²) in [7, 11) is 1.62. The molecule has 2 aromatic rings. The molecule has 0 atom stereocenters. The number of pyridine rings is 1. The Bertz CT molecular complexity index is 480. The lowest BCUT2D eigenvalue weighted by Gasteiger charge is -2.05. The topological polar surface area (TPSA) is 48.1 Å². The van der Waals surface area contributed by atoms with Gasteiger partial charge in [-0.3, -0.25) is 0 Å². The number of aryl methyl sites for hydroxylation is 1. The third kappa shape index (κ3) is 1.37. The number of methoxy groups -OCH3 is 1. The molecule has 0 radical (unpaired) electrons. The van der Waals surface area contributed by atoms with E-state index < -0.39 is 0 Å². The van der Waals surface area contributed by atoms with E-state index in [1.165, 1.54) is 0 Å². The van der Waals surface area contributed by atoms with Gasteiger partial charge in [0.15, 0.2) is 0 Å². The van der Waals surface area contributed by atoms with Gasteiger partial charge in [-0.25, -0.2) is 4.98 Å². The Morgan fingerprint density at radius 2 is 2.07 bits per heavy atom. The second-order valence-corrected chi connectivity index (χ2v) is 3.26. The fourth-order valence-corrected chi connectivity index (χ4v) is 1.49. The molecule has 0 fully saturated rings. The van der Waals surface area contributed by atoms with Gasteiger partial charge in [0.1, 0.15) is 0 Å². The predicted molar refractivity (Wildman–Crippen MR) is 57.4 cm³/mol. The highest BCUT2D eigenvalue weighted by molar-refractivity contribution is 5.85. The highest BCUT2D eigenvalue weighted by atomic mass is 16.5. The van der Waals surface area contributed by atoms with Crippen molar-refractivity contribution in [2.24, 2.45) is 0 Å². The average molecular weight is 188 g/mol. The van der Waals surface area contributed by atoms with Gasteiger partial charge in [0.05, 0.1) is 12.6 Å². The van der Waals surface area contributed by atoms with Crippen LogP contribution in [0.15, 0.2) is 24.3 Å². The first-order valence-corrected chi connectivity index (χ1v) is 4.41. The molecule has 0 aliphatic rings. The maximum atomic E-state index is 5.70. The van der Waals surface area contributed by atoms with Crippen molar-refractivity contribution in [3.05, 3.63) is 29.8 Å². The molecule has 0 unspecified atom stereocenters. The molecule has 0 amide bonds. The highest BCUT2D eigenvalue weighted by Gasteiger charge is 2.02. The largest absolute Gasteiger partial charge is 0.481 e. The minimum Gasteiger partial charge on any atom is -0.481 e. The third-order valence-corrected chi connectivity index (χ3v) is 2.23. The lowest BCUT2D eigenvalue weighted by molar-refractivity contribution is 0.399. The second-order valence-electron chi connectivity index (χ2n) is 3.26. The summed E-state index contributed by atoms with van der Waals surface area (Å²) in [6, 6.07) is 7.58. The first-order chi connectivity index (χ1) is 6.70. The summed E-state index contributed by atoms with van der Waals surface area (Å²) < 4.78 is 5.09. The van der Waals surface area contributed by atoms with Crippen molar-refractivity contribution in [3.63, 3.8) is 0 Å². The van der Waals surface area contributed by atoms with Crippen LogP contribution in [0.5, 0.6) is 5.88 Å². The van der Waals surface area contributed by atoms with Crippen LogP contribution in [0.1, 0.15) is 5.56 Å². The molecule has 3 nitrogen and oxygen atoms in total. The summed E-state index contributed by atoms with van der Waals surface area (Å²) in [6.45, 7) is 2.02. The van der Waals surface area contributed by atoms with Crippen molar-refractivity contribution in [1.82, 2.24) is 4.98 Å². The van der Waals surface area contributed by atoms with E-state index in [1.807, 2.05) is 31.2 Å². The van der Waals surface area contributed by atoms with Crippen LogP contribution in [0.25, 0.3) is 10.9 Å².